The van der Waals surface area contributed by atoms with Crippen LogP contribution >= 0.6 is 0 Å². The maximum atomic E-state index is 13.3. The topological polar surface area (TPSA) is 74.5 Å². The predicted molar refractivity (Wildman–Crippen MR) is 114 cm³/mol. The van der Waals surface area contributed by atoms with Gasteiger partial charge in [-0.2, -0.15) is 9.89 Å². The van der Waals surface area contributed by atoms with Crippen LogP contribution in [0.2, 0.25) is 0 Å². The first kappa shape index (κ1) is 18.8. The number of nitrogens with zero attached hydrogens (tertiary/aromatic N) is 5. The molecule has 0 bridgehead atoms. The Morgan fingerprint density at radius 2 is 1.72 bits per heavy atom. The van der Waals surface area contributed by atoms with Gasteiger partial charge in [0, 0.05) is 31.8 Å². The van der Waals surface area contributed by atoms with Gasteiger partial charge in [-0.3, -0.25) is 4.79 Å². The Morgan fingerprint density at radius 3 is 2.31 bits per heavy atom. The molecule has 1 aliphatic rings. The summed E-state index contributed by atoms with van der Waals surface area (Å²) >= 11 is 0. The Kier molecular flexibility index (Phi) is 4.44. The number of aromatic nitrogens is 2. The van der Waals surface area contributed by atoms with Crippen molar-refractivity contribution >= 4 is 17.2 Å². The molecule has 1 heterocycles. The van der Waals surface area contributed by atoms with E-state index >= 15 is 0 Å². The van der Waals surface area contributed by atoms with E-state index in [4.69, 9.17) is 5.10 Å². The van der Waals surface area contributed by atoms with E-state index in [2.05, 4.69) is 4.79 Å². The average Bonchev–Trinajstić information content (AvgIpc) is 3.07. The maximum Gasteiger partial charge on any atom is 0.345 e. The van der Waals surface area contributed by atoms with Crippen LogP contribution in [0.25, 0.3) is 22.5 Å². The molecule has 6 heteroatoms. The number of benzene rings is 2. The zero-order valence-corrected chi connectivity index (χ0v) is 17.0. The van der Waals surface area contributed by atoms with E-state index in [0.717, 1.165) is 28.3 Å². The van der Waals surface area contributed by atoms with E-state index in [0.29, 0.717) is 12.0 Å². The molecule has 0 N–H and O–H groups in total. The van der Waals surface area contributed by atoms with Gasteiger partial charge in [-0.15, -0.1) is 0 Å². The molecular weight excluding hydrogens is 362 g/mol. The smallest absolute Gasteiger partial charge is 0.345 e. The highest BCUT2D eigenvalue weighted by atomic mass is 16.1. The number of fused-ring (bicyclic) bond motifs is 1. The third kappa shape index (κ3) is 3.08. The summed E-state index contributed by atoms with van der Waals surface area (Å²) in [5.41, 5.74) is 13.9. The Labute approximate surface area is 170 Å². The Balaban J connectivity index is 2.00. The molecular formula is C23H23N5O. The monoisotopic (exact) mass is 385 g/mol. The predicted octanol–water partition coefficient (Wildman–Crippen LogP) is 4.04. The molecule has 0 fully saturated rings. The summed E-state index contributed by atoms with van der Waals surface area (Å²) in [7, 11) is 3.97. The molecule has 6 nitrogen and oxygen atoms in total. The lowest BCUT2D eigenvalue weighted by Crippen LogP contribution is -2.39. The largest absolute Gasteiger partial charge is 0.378 e. The number of ketones is 1. The SMILES string of the molecule is CN(C)c1ccc(-c2c3c(nn2-c2ccccc2)CC(C)(C)C(=[N+]=[N-])C3=O)cc1. The van der Waals surface area contributed by atoms with Crippen molar-refractivity contribution in [3.63, 3.8) is 0 Å². The van der Waals surface area contributed by atoms with Crippen molar-refractivity contribution in [2.75, 3.05) is 19.0 Å². The number of para-hydroxylation sites is 1. The number of carbonyl (C=O) groups excluding carboxylic acids is 1. The lowest BCUT2D eigenvalue weighted by molar-refractivity contribution is -0.0196. The highest BCUT2D eigenvalue weighted by Gasteiger charge is 2.48. The van der Waals surface area contributed by atoms with Gasteiger partial charge in [0.15, 0.2) is 0 Å². The fourth-order valence-electron chi connectivity index (χ4n) is 3.87. The van der Waals surface area contributed by atoms with Crippen LogP contribution in [-0.4, -0.2) is 40.2 Å². The van der Waals surface area contributed by atoms with Gasteiger partial charge in [-0.1, -0.05) is 30.3 Å². The molecule has 1 aliphatic carbocycles. The van der Waals surface area contributed by atoms with Crippen LogP contribution < -0.4 is 4.90 Å². The first-order valence-corrected chi connectivity index (χ1v) is 9.56. The highest BCUT2D eigenvalue weighted by Crippen LogP contribution is 2.38. The van der Waals surface area contributed by atoms with E-state index in [1.807, 2.05) is 92.1 Å². The molecule has 0 spiro atoms. The van der Waals surface area contributed by atoms with Crippen molar-refractivity contribution in [1.82, 2.24) is 9.78 Å². The van der Waals surface area contributed by atoms with Crippen LogP contribution in [0.3, 0.4) is 0 Å². The Morgan fingerprint density at radius 1 is 1.07 bits per heavy atom. The minimum atomic E-state index is -0.583. The molecule has 3 aromatic rings. The number of carbonyl (C=O) groups is 1. The fourth-order valence-corrected chi connectivity index (χ4v) is 3.87. The second-order valence-electron chi connectivity index (χ2n) is 8.20. The van der Waals surface area contributed by atoms with Crippen molar-refractivity contribution in [3.05, 3.63) is 71.4 Å². The van der Waals surface area contributed by atoms with Crippen LogP contribution in [0.5, 0.6) is 0 Å². The van der Waals surface area contributed by atoms with Gasteiger partial charge < -0.3 is 10.4 Å². The summed E-state index contributed by atoms with van der Waals surface area (Å²) in [6.45, 7) is 3.80. The van der Waals surface area contributed by atoms with Gasteiger partial charge in [0.05, 0.1) is 28.1 Å². The summed E-state index contributed by atoms with van der Waals surface area (Å²) < 4.78 is 1.82. The molecule has 0 amide bonds. The van der Waals surface area contributed by atoms with Gasteiger partial charge in [0.1, 0.15) is 0 Å². The van der Waals surface area contributed by atoms with Gasteiger partial charge in [-0.25, -0.2) is 4.68 Å². The molecule has 2 aromatic carbocycles. The lowest BCUT2D eigenvalue weighted by atomic mass is 9.73. The summed E-state index contributed by atoms with van der Waals surface area (Å²) in [5.74, 6) is -0.271. The van der Waals surface area contributed by atoms with Crippen molar-refractivity contribution < 1.29 is 9.58 Å². The molecule has 0 atom stereocenters. The highest BCUT2D eigenvalue weighted by molar-refractivity contribution is 6.47. The van der Waals surface area contributed by atoms with Gasteiger partial charge in [-0.05, 0) is 38.1 Å². The normalized spacial score (nSPS) is 15.0. The van der Waals surface area contributed by atoms with Gasteiger partial charge in [0.2, 0.25) is 0 Å². The quantitative estimate of drug-likeness (QED) is 0.504. The molecule has 0 aliphatic heterocycles. The molecule has 4 rings (SSSR count). The number of rotatable bonds is 3. The third-order valence-corrected chi connectivity index (χ3v) is 5.41. The summed E-state index contributed by atoms with van der Waals surface area (Å²) in [6.07, 6.45) is 0.524. The molecule has 146 valence electrons. The minimum absolute atomic E-state index is 0.170. The molecule has 0 saturated carbocycles. The van der Waals surface area contributed by atoms with Gasteiger partial charge >= 0.3 is 5.71 Å². The first-order chi connectivity index (χ1) is 13.8. The first-order valence-electron chi connectivity index (χ1n) is 9.56. The van der Waals surface area contributed by atoms with Crippen molar-refractivity contribution in [2.24, 2.45) is 5.41 Å². The van der Waals surface area contributed by atoms with Crippen molar-refractivity contribution in [1.29, 1.82) is 0 Å². The van der Waals surface area contributed by atoms with E-state index in [9.17, 15) is 10.3 Å². The number of anilines is 1. The van der Waals surface area contributed by atoms with E-state index in [1.54, 1.807) is 0 Å². The maximum absolute atomic E-state index is 13.3. The van der Waals surface area contributed by atoms with E-state index in [1.165, 1.54) is 0 Å². The second kappa shape index (κ2) is 6.83. The second-order valence-corrected chi connectivity index (χ2v) is 8.20. The molecule has 0 radical (unpaired) electrons. The van der Waals surface area contributed by atoms with Crippen LogP contribution in [0.4, 0.5) is 5.69 Å². The molecule has 0 unspecified atom stereocenters. The molecule has 1 aromatic heterocycles. The molecule has 0 saturated heterocycles. The average molecular weight is 385 g/mol. The summed E-state index contributed by atoms with van der Waals surface area (Å²) in [6, 6.07) is 17.8. The molecule has 29 heavy (non-hydrogen) atoms. The van der Waals surface area contributed by atoms with E-state index < -0.39 is 5.41 Å². The van der Waals surface area contributed by atoms with Crippen molar-refractivity contribution in [2.45, 2.75) is 20.3 Å². The van der Waals surface area contributed by atoms with Crippen LogP contribution in [0.1, 0.15) is 29.9 Å². The standard InChI is InChI=1S/C23H23N5O/c1-23(2)14-18-19(21(29)22(23)25-24)20(15-10-12-16(13-11-15)27(3)4)28(26-18)17-8-6-5-7-9-17/h5-13H,14H2,1-4H3. The van der Waals surface area contributed by atoms with Crippen molar-refractivity contribution in [3.8, 4) is 16.9 Å². The Bertz CT molecular complexity index is 1130. The van der Waals surface area contributed by atoms with E-state index in [-0.39, 0.29) is 11.5 Å². The van der Waals surface area contributed by atoms with Gasteiger partial charge in [0.25, 0.3) is 5.78 Å². The number of hydrogen-bond acceptors (Lipinski definition) is 3. The Hall–Kier alpha value is -3.50. The van der Waals surface area contributed by atoms with Crippen LogP contribution in [-0.2, 0) is 6.42 Å². The number of Topliss-reactive ketones (excluding diaryl/α,β-unsaturated/α-hetero) is 1. The zero-order chi connectivity index (χ0) is 20.8. The minimum Gasteiger partial charge on any atom is -0.378 e. The third-order valence-electron chi connectivity index (χ3n) is 5.41. The summed E-state index contributed by atoms with van der Waals surface area (Å²) in [4.78, 5) is 18.7. The van der Waals surface area contributed by atoms with Crippen LogP contribution in [0.15, 0.2) is 54.6 Å². The number of hydrogen-bond donors (Lipinski definition) is 0. The fraction of sp³-hybridized carbons (Fsp3) is 0.261. The summed E-state index contributed by atoms with van der Waals surface area (Å²) in [5, 5.41) is 4.82. The van der Waals surface area contributed by atoms with Crippen LogP contribution in [0, 0.1) is 5.41 Å². The lowest BCUT2D eigenvalue weighted by Gasteiger charge is -2.22. The zero-order valence-electron chi connectivity index (χ0n) is 17.0.